The van der Waals surface area contributed by atoms with Crippen LogP contribution in [-0.2, 0) is 11.0 Å². The highest BCUT2D eigenvalue weighted by Crippen LogP contribution is 2.56. The molecule has 11 aromatic rings. The Balaban J connectivity index is 1.12. The molecule has 0 fully saturated rings. The van der Waals surface area contributed by atoms with E-state index in [9.17, 15) is 0 Å². The molecular weight excluding hydrogens is 765 g/mol. The molecule has 4 nitrogen and oxygen atoms in total. The van der Waals surface area contributed by atoms with E-state index in [1.807, 2.05) is 6.20 Å². The predicted octanol–water partition coefficient (Wildman–Crippen LogP) is 13.9. The molecule has 0 atom stereocenters. The van der Waals surface area contributed by atoms with Gasteiger partial charge in [0, 0.05) is 17.0 Å². The Labute approximate surface area is 367 Å². The second-order valence-corrected chi connectivity index (χ2v) is 17.8. The van der Waals surface area contributed by atoms with Crippen LogP contribution >= 0.6 is 0 Å². The Kier molecular flexibility index (Phi) is 8.29. The second-order valence-electron chi connectivity index (χ2n) is 17.8. The normalized spacial score (nSPS) is 13.1. The first-order valence-electron chi connectivity index (χ1n) is 21.9. The van der Waals surface area contributed by atoms with E-state index in [1.54, 1.807) is 0 Å². The Morgan fingerprint density at radius 2 is 1.06 bits per heavy atom. The molecule has 1 aliphatic carbocycles. The number of para-hydroxylation sites is 3. The average molecular weight is 810 g/mol. The minimum Gasteiger partial charge on any atom is -0.294 e. The first-order valence-corrected chi connectivity index (χ1v) is 21.9. The van der Waals surface area contributed by atoms with Crippen molar-refractivity contribution in [3.63, 3.8) is 0 Å². The first-order chi connectivity index (χ1) is 30.9. The van der Waals surface area contributed by atoms with Crippen LogP contribution in [0.1, 0.15) is 43.0 Å². The van der Waals surface area contributed by atoms with E-state index >= 15 is 0 Å². The van der Waals surface area contributed by atoms with Crippen LogP contribution in [0.15, 0.2) is 219 Å². The molecule has 0 amide bonds. The van der Waals surface area contributed by atoms with Gasteiger partial charge in [0.2, 0.25) is 6.33 Å². The van der Waals surface area contributed by atoms with Gasteiger partial charge in [0.1, 0.15) is 17.0 Å². The maximum Gasteiger partial charge on any atom is 0.250 e. The smallest absolute Gasteiger partial charge is 0.250 e. The van der Waals surface area contributed by atoms with Crippen LogP contribution in [0.3, 0.4) is 0 Å². The Morgan fingerprint density at radius 1 is 0.460 bits per heavy atom. The van der Waals surface area contributed by atoms with Crippen molar-refractivity contribution in [2.24, 2.45) is 0 Å². The molecule has 12 rings (SSSR count). The summed E-state index contributed by atoms with van der Waals surface area (Å²) in [4.78, 5) is 5.13. The number of rotatable bonds is 6. The molecule has 63 heavy (non-hydrogen) atoms. The summed E-state index contributed by atoms with van der Waals surface area (Å²) in [5.41, 5.74) is 17.3. The van der Waals surface area contributed by atoms with Crippen molar-refractivity contribution >= 4 is 32.8 Å². The summed E-state index contributed by atoms with van der Waals surface area (Å²) in [5.74, 6) is 0.883. The highest BCUT2D eigenvalue weighted by Gasteiger charge is 2.46. The van der Waals surface area contributed by atoms with Crippen LogP contribution in [0.25, 0.3) is 77.7 Å². The lowest BCUT2D eigenvalue weighted by molar-refractivity contribution is -0.731. The molecule has 300 valence electrons. The van der Waals surface area contributed by atoms with Crippen molar-refractivity contribution < 1.29 is 4.57 Å². The molecule has 0 aliphatic heterocycles. The Bertz CT molecular complexity index is 3520. The molecule has 8 aromatic carbocycles. The number of imidazole rings is 1. The van der Waals surface area contributed by atoms with Gasteiger partial charge in [-0.2, -0.15) is 4.57 Å². The van der Waals surface area contributed by atoms with Crippen molar-refractivity contribution in [2.75, 3.05) is 0 Å². The topological polar surface area (TPSA) is 26.6 Å². The van der Waals surface area contributed by atoms with Gasteiger partial charge in [0.05, 0.1) is 16.4 Å². The lowest BCUT2D eigenvalue weighted by atomic mass is 9.67. The number of nitrogens with zero attached hydrogens (tertiary/aromatic N) is 4. The minimum atomic E-state index is -0.620. The van der Waals surface area contributed by atoms with E-state index in [-0.39, 0.29) is 5.54 Å². The number of hydrogen-bond donors (Lipinski definition) is 0. The quantitative estimate of drug-likeness (QED) is 0.154. The standard InChI is InChI=1S/C59H45N4/c1-58(2,3)62-39-61(54-30-15-16-31-55(54)62)44-21-17-20-42(37-44)59(51-27-12-9-24-47(51)48-25-10-13-28-52(48)59)43-32-33-50-49-26-11-14-29-53(49)63(56(50)38-43)57-36-41(34-35-60-57)46-23-8-7-22-45(46)40-18-5-4-6-19-40/h4-39H,1-3H3/q+1. The van der Waals surface area contributed by atoms with Crippen molar-refractivity contribution in [1.29, 1.82) is 0 Å². The summed E-state index contributed by atoms with van der Waals surface area (Å²) < 4.78 is 7.12. The summed E-state index contributed by atoms with van der Waals surface area (Å²) in [6, 6.07) is 75.7. The summed E-state index contributed by atoms with van der Waals surface area (Å²) in [6.07, 6.45) is 4.23. The van der Waals surface area contributed by atoms with Crippen molar-refractivity contribution in [3.05, 3.63) is 241 Å². The molecule has 3 heterocycles. The van der Waals surface area contributed by atoms with Crippen LogP contribution < -0.4 is 4.57 Å². The fourth-order valence-corrected chi connectivity index (χ4v) is 10.5. The third-order valence-electron chi connectivity index (χ3n) is 13.3. The summed E-state index contributed by atoms with van der Waals surface area (Å²) in [6.45, 7) is 6.81. The summed E-state index contributed by atoms with van der Waals surface area (Å²) >= 11 is 0. The third kappa shape index (κ3) is 5.61. The van der Waals surface area contributed by atoms with E-state index in [2.05, 4.69) is 247 Å². The third-order valence-corrected chi connectivity index (χ3v) is 13.3. The van der Waals surface area contributed by atoms with Gasteiger partial charge in [-0.05, 0) is 125 Å². The van der Waals surface area contributed by atoms with Crippen molar-refractivity contribution in [1.82, 2.24) is 14.1 Å². The maximum atomic E-state index is 5.13. The van der Waals surface area contributed by atoms with Gasteiger partial charge in [-0.25, -0.2) is 9.55 Å². The molecule has 0 spiro atoms. The SMILES string of the molecule is CC(C)(C)[n+]1cn(-c2cccc(C3(c4ccc5c6ccccc6n(-c6cc(-c7ccccc7-c7ccccc7)ccn6)c5c4)c4ccccc4-c4ccccc43)c2)c2ccccc21. The summed E-state index contributed by atoms with van der Waals surface area (Å²) in [7, 11) is 0. The molecule has 0 saturated carbocycles. The Morgan fingerprint density at radius 3 is 1.81 bits per heavy atom. The maximum absolute atomic E-state index is 5.13. The number of aromatic nitrogens is 4. The molecule has 0 N–H and O–H groups in total. The molecule has 1 aliphatic rings. The average Bonchev–Trinajstić information content (AvgIpc) is 3.99. The van der Waals surface area contributed by atoms with Crippen molar-refractivity contribution in [3.8, 4) is 44.9 Å². The molecule has 0 bridgehead atoms. The fraction of sp³-hybridized carbons (Fsp3) is 0.0847. The van der Waals surface area contributed by atoms with E-state index in [0.29, 0.717) is 0 Å². The molecule has 4 heteroatoms. The molecular formula is C59H45N4+. The fourth-order valence-electron chi connectivity index (χ4n) is 10.5. The molecule has 0 unspecified atom stereocenters. The van der Waals surface area contributed by atoms with Crippen molar-refractivity contribution in [2.45, 2.75) is 31.7 Å². The van der Waals surface area contributed by atoms with Gasteiger partial charge in [0.15, 0.2) is 11.0 Å². The predicted molar refractivity (Wildman–Crippen MR) is 259 cm³/mol. The van der Waals surface area contributed by atoms with Gasteiger partial charge in [-0.3, -0.25) is 4.57 Å². The lowest BCUT2D eigenvalue weighted by Gasteiger charge is -2.34. The van der Waals surface area contributed by atoms with E-state index < -0.39 is 5.41 Å². The van der Waals surface area contributed by atoms with Gasteiger partial charge < -0.3 is 0 Å². The van der Waals surface area contributed by atoms with Gasteiger partial charge >= 0.3 is 0 Å². The number of pyridine rings is 1. The molecule has 0 radical (unpaired) electrons. The van der Waals surface area contributed by atoms with Crippen LogP contribution in [-0.4, -0.2) is 14.1 Å². The largest absolute Gasteiger partial charge is 0.294 e. The molecule has 0 saturated heterocycles. The van der Waals surface area contributed by atoms with Crippen LogP contribution in [0.4, 0.5) is 0 Å². The number of benzene rings is 8. The monoisotopic (exact) mass is 809 g/mol. The number of fused-ring (bicyclic) bond motifs is 7. The minimum absolute atomic E-state index is 0.0967. The highest BCUT2D eigenvalue weighted by atomic mass is 15.2. The van der Waals surface area contributed by atoms with E-state index in [0.717, 1.165) is 28.1 Å². The lowest BCUT2D eigenvalue weighted by Crippen LogP contribution is -2.49. The number of hydrogen-bond acceptors (Lipinski definition) is 1. The van der Waals surface area contributed by atoms with E-state index in [1.165, 1.54) is 71.9 Å². The zero-order chi connectivity index (χ0) is 42.3. The van der Waals surface area contributed by atoms with Gasteiger partial charge in [-0.15, -0.1) is 0 Å². The van der Waals surface area contributed by atoms with Crippen LogP contribution in [0.2, 0.25) is 0 Å². The van der Waals surface area contributed by atoms with E-state index in [4.69, 9.17) is 4.98 Å². The first kappa shape index (κ1) is 37.0. The van der Waals surface area contributed by atoms with Gasteiger partial charge in [-0.1, -0.05) is 158 Å². The van der Waals surface area contributed by atoms with Crippen LogP contribution in [0.5, 0.6) is 0 Å². The molecule has 3 aromatic heterocycles. The second kappa shape index (κ2) is 14.1. The highest BCUT2D eigenvalue weighted by molar-refractivity contribution is 6.09. The zero-order valence-electron chi connectivity index (χ0n) is 35.6. The summed E-state index contributed by atoms with van der Waals surface area (Å²) in [5, 5.41) is 2.39. The Hall–Kier alpha value is -7.82. The zero-order valence-corrected chi connectivity index (χ0v) is 35.6. The van der Waals surface area contributed by atoms with Crippen LogP contribution in [0, 0.1) is 0 Å². The van der Waals surface area contributed by atoms with Gasteiger partial charge in [0.25, 0.3) is 0 Å².